The van der Waals surface area contributed by atoms with E-state index in [2.05, 4.69) is 15.5 Å². The number of piperidine rings is 1. The fourth-order valence-electron chi connectivity index (χ4n) is 10.7. The SMILES string of the molecule is CO[C@H]1C[C@@H]2CC[C@@H](C)[C@@](O)(O2)C(=O)C(=O)N2CCCCC2C(=O)O[C@H]([C@H](C)C[C@@H]2CC[C@@H](n3cnnn3)[C@H](OC)C2)CC(=O)[C@H](C)/C=C(\C)[C@@H](O)[C@@H](OC)C(=O)[C@@H](C)C[C@H](C)/C=C/C=CC=C1C. The Kier molecular flexibility index (Phi) is 20.8. The fraction of sp³-hybridized carbons (Fsp3) is 0.731. The van der Waals surface area contributed by atoms with E-state index < -0.39 is 77.8 Å². The Morgan fingerprint density at radius 3 is 2.32 bits per heavy atom. The van der Waals surface area contributed by atoms with E-state index in [1.807, 2.05) is 58.1 Å². The van der Waals surface area contributed by atoms with Gasteiger partial charge < -0.3 is 38.8 Å². The van der Waals surface area contributed by atoms with Crippen molar-refractivity contribution < 1.29 is 57.9 Å². The van der Waals surface area contributed by atoms with Gasteiger partial charge in [-0.05, 0) is 117 Å². The molecule has 1 aromatic heterocycles. The van der Waals surface area contributed by atoms with Gasteiger partial charge in [-0.1, -0.05) is 71.1 Å². The van der Waals surface area contributed by atoms with Gasteiger partial charge in [0.2, 0.25) is 5.79 Å². The van der Waals surface area contributed by atoms with Crippen LogP contribution in [-0.4, -0.2) is 141 Å². The lowest BCUT2D eigenvalue weighted by Crippen LogP contribution is -2.61. The van der Waals surface area contributed by atoms with Crippen molar-refractivity contribution in [3.8, 4) is 0 Å². The van der Waals surface area contributed by atoms with E-state index in [0.717, 1.165) is 18.4 Å². The number of aliphatic hydroxyl groups excluding tert-OH is 1. The molecular weight excluding hydrogens is 887 g/mol. The molecule has 4 heterocycles. The molecule has 69 heavy (non-hydrogen) atoms. The number of aromatic nitrogens is 4. The summed E-state index contributed by atoms with van der Waals surface area (Å²) >= 11 is 0. The van der Waals surface area contributed by atoms with Crippen LogP contribution in [0, 0.1) is 35.5 Å². The van der Waals surface area contributed by atoms with Gasteiger partial charge in [0.25, 0.3) is 11.7 Å². The summed E-state index contributed by atoms with van der Waals surface area (Å²) in [6.07, 6.45) is 13.9. The first-order chi connectivity index (χ1) is 32.8. The molecule has 1 aliphatic carbocycles. The van der Waals surface area contributed by atoms with Crippen molar-refractivity contribution in [2.75, 3.05) is 27.9 Å². The Morgan fingerprint density at radius 2 is 1.64 bits per heavy atom. The van der Waals surface area contributed by atoms with Gasteiger partial charge in [-0.25, -0.2) is 9.48 Å². The number of allylic oxidation sites excluding steroid dienone is 6. The van der Waals surface area contributed by atoms with Gasteiger partial charge in [-0.2, -0.15) is 0 Å². The number of nitrogens with zero attached hydrogens (tertiary/aromatic N) is 5. The van der Waals surface area contributed by atoms with Crippen LogP contribution < -0.4 is 0 Å². The topological polar surface area (TPSA) is 219 Å². The van der Waals surface area contributed by atoms with Crippen LogP contribution in [0.4, 0.5) is 0 Å². The van der Waals surface area contributed by atoms with Gasteiger partial charge in [-0.15, -0.1) is 5.10 Å². The van der Waals surface area contributed by atoms with Crippen molar-refractivity contribution >= 4 is 29.2 Å². The zero-order valence-corrected chi connectivity index (χ0v) is 42.5. The van der Waals surface area contributed by atoms with Crippen LogP contribution in [0.5, 0.6) is 0 Å². The quantitative estimate of drug-likeness (QED) is 0.181. The molecule has 3 fully saturated rings. The van der Waals surface area contributed by atoms with E-state index in [0.29, 0.717) is 56.9 Å². The molecule has 2 saturated heterocycles. The molecule has 2 bridgehead atoms. The summed E-state index contributed by atoms with van der Waals surface area (Å²) in [7, 11) is 4.62. The summed E-state index contributed by atoms with van der Waals surface area (Å²) in [5.41, 5.74) is 1.27. The smallest absolute Gasteiger partial charge is 0.329 e. The number of methoxy groups -OCH3 is 3. The van der Waals surface area contributed by atoms with E-state index in [-0.39, 0.29) is 60.9 Å². The number of hydrogen-bond donors (Lipinski definition) is 2. The highest BCUT2D eigenvalue weighted by Crippen LogP contribution is 2.39. The Bertz CT molecular complexity index is 2020. The summed E-state index contributed by atoms with van der Waals surface area (Å²) in [5.74, 6) is -7.92. The maximum atomic E-state index is 14.5. The maximum absolute atomic E-state index is 14.5. The number of carbonyl (C=O) groups is 5. The molecule has 2 N–H and O–H groups in total. The second-order valence-corrected chi connectivity index (χ2v) is 20.4. The number of Topliss-reactive ketones (excluding diaryl/α,β-unsaturated/α-hetero) is 3. The second kappa shape index (κ2) is 25.7. The summed E-state index contributed by atoms with van der Waals surface area (Å²) in [6.45, 7) is 12.8. The molecular formula is C52H79N5O12. The van der Waals surface area contributed by atoms with Gasteiger partial charge in [0.1, 0.15) is 36.5 Å². The predicted octanol–water partition coefficient (Wildman–Crippen LogP) is 6.05. The molecule has 384 valence electrons. The van der Waals surface area contributed by atoms with Gasteiger partial charge in [0, 0.05) is 58.5 Å². The minimum absolute atomic E-state index is 0.0170. The number of hydrogen-bond acceptors (Lipinski definition) is 15. The van der Waals surface area contributed by atoms with Crippen molar-refractivity contribution in [2.24, 2.45) is 35.5 Å². The average molecular weight is 966 g/mol. The molecule has 3 aliphatic heterocycles. The standard InChI is InChI=1S/C52H79N5O12/c1-31-16-12-11-13-17-32(2)43(65-8)28-39-21-19-37(7)52(64,69-39)49(61)50(62)56-23-15-14-18-41(56)51(63)68-44(34(4)26-38-20-22-40(45(27-38)66-9)57-30-53-54-55-57)29-42(58)33(3)25-36(6)47(60)48(67-10)46(59)35(5)24-31/h11-13,16-17,25,30-31,33-35,37-41,43-45,47-48,60,64H,14-15,18-24,26-29H2,1-10H3/b13-11?,16-12+,32-17?,36-25+/t31-,33-,34-,35+,37-,38+,39+,40-,41?,43+,44+,45-,47-,48+,52-/m1/s1. The highest BCUT2D eigenvalue weighted by molar-refractivity contribution is 6.39. The third-order valence-electron chi connectivity index (χ3n) is 15.2. The molecule has 17 heteroatoms. The van der Waals surface area contributed by atoms with Crippen LogP contribution in [0.15, 0.2) is 53.9 Å². The number of cyclic esters (lactones) is 1. The molecule has 1 aromatic rings. The third kappa shape index (κ3) is 14.2. The molecule has 1 saturated carbocycles. The molecule has 17 nitrogen and oxygen atoms in total. The summed E-state index contributed by atoms with van der Waals surface area (Å²) < 4.78 is 31.6. The lowest BCUT2D eigenvalue weighted by Gasteiger charge is -2.42. The number of carbonyl (C=O) groups excluding carboxylic acids is 5. The van der Waals surface area contributed by atoms with E-state index in [4.69, 9.17) is 23.7 Å². The number of ketones is 3. The van der Waals surface area contributed by atoms with E-state index in [9.17, 15) is 34.2 Å². The van der Waals surface area contributed by atoms with Crippen LogP contribution in [0.25, 0.3) is 0 Å². The Labute approximate surface area is 408 Å². The van der Waals surface area contributed by atoms with Gasteiger partial charge in [0.05, 0.1) is 24.4 Å². The van der Waals surface area contributed by atoms with Crippen molar-refractivity contribution in [3.05, 3.63) is 53.9 Å². The van der Waals surface area contributed by atoms with Crippen LogP contribution >= 0.6 is 0 Å². The molecule has 5 rings (SSSR count). The molecule has 15 atom stereocenters. The van der Waals surface area contributed by atoms with Crippen molar-refractivity contribution in [2.45, 2.75) is 180 Å². The third-order valence-corrected chi connectivity index (χ3v) is 15.2. The fourth-order valence-corrected chi connectivity index (χ4v) is 10.7. The molecule has 0 aromatic carbocycles. The number of amides is 1. The second-order valence-electron chi connectivity index (χ2n) is 20.4. The number of rotatable bonds is 7. The number of aliphatic hydroxyl groups is 2. The molecule has 0 radical (unpaired) electrons. The van der Waals surface area contributed by atoms with E-state index >= 15 is 0 Å². The Hall–Kier alpha value is -4.26. The van der Waals surface area contributed by atoms with Crippen LogP contribution in [0.3, 0.4) is 0 Å². The normalized spacial score (nSPS) is 37.5. The van der Waals surface area contributed by atoms with Gasteiger partial charge in [-0.3, -0.25) is 19.2 Å². The summed E-state index contributed by atoms with van der Waals surface area (Å²) in [5, 5.41) is 35.2. The first-order valence-electron chi connectivity index (χ1n) is 25.0. The maximum Gasteiger partial charge on any atom is 0.329 e. The van der Waals surface area contributed by atoms with Crippen molar-refractivity contribution in [1.82, 2.24) is 25.1 Å². The molecule has 1 unspecified atom stereocenters. The summed E-state index contributed by atoms with van der Waals surface area (Å²) in [4.78, 5) is 72.3. The minimum Gasteiger partial charge on any atom is -0.460 e. The predicted molar refractivity (Wildman–Crippen MR) is 256 cm³/mol. The van der Waals surface area contributed by atoms with E-state index in [1.54, 1.807) is 52.1 Å². The number of esters is 1. The lowest BCUT2D eigenvalue weighted by molar-refractivity contribution is -0.265. The minimum atomic E-state index is -2.43. The Balaban J connectivity index is 1.46. The average Bonchev–Trinajstić information content (AvgIpc) is 3.88. The van der Waals surface area contributed by atoms with Crippen LogP contribution in [0.1, 0.15) is 132 Å². The zero-order chi connectivity index (χ0) is 50.6. The monoisotopic (exact) mass is 966 g/mol. The Morgan fingerprint density at radius 1 is 0.884 bits per heavy atom. The first-order valence-corrected chi connectivity index (χ1v) is 25.0. The number of tetrazole rings is 1. The first kappa shape index (κ1) is 55.7. The van der Waals surface area contributed by atoms with Crippen LogP contribution in [-0.2, 0) is 47.7 Å². The largest absolute Gasteiger partial charge is 0.460 e. The number of fused-ring (bicyclic) bond motifs is 3. The van der Waals surface area contributed by atoms with Gasteiger partial charge in [0.15, 0.2) is 5.78 Å². The van der Waals surface area contributed by atoms with Gasteiger partial charge >= 0.3 is 5.97 Å². The molecule has 0 spiro atoms. The van der Waals surface area contributed by atoms with E-state index in [1.165, 1.54) is 12.0 Å². The molecule has 1 amide bonds. The molecule has 4 aliphatic rings. The van der Waals surface area contributed by atoms with Crippen LogP contribution in [0.2, 0.25) is 0 Å². The van der Waals surface area contributed by atoms with Crippen molar-refractivity contribution in [1.29, 1.82) is 0 Å². The highest BCUT2D eigenvalue weighted by atomic mass is 16.6. The lowest BCUT2D eigenvalue weighted by atomic mass is 9.77. The zero-order valence-electron chi connectivity index (χ0n) is 42.5. The summed E-state index contributed by atoms with van der Waals surface area (Å²) in [6, 6.07) is -1.19. The number of ether oxygens (including phenoxy) is 5. The highest BCUT2D eigenvalue weighted by Gasteiger charge is 2.53. The van der Waals surface area contributed by atoms with Crippen molar-refractivity contribution in [3.63, 3.8) is 0 Å².